The number of nitrogens with one attached hydrogen (secondary N) is 1. The summed E-state index contributed by atoms with van der Waals surface area (Å²) in [4.78, 5) is 39.4. The molecule has 1 atom stereocenters. The molecule has 3 aromatic rings. The Kier molecular flexibility index (Phi) is 7.60. The number of amides is 2. The van der Waals surface area contributed by atoms with E-state index < -0.39 is 23.9 Å². The molecule has 0 radical (unpaired) electrons. The van der Waals surface area contributed by atoms with Crippen LogP contribution in [0.4, 0.5) is 11.4 Å². The van der Waals surface area contributed by atoms with Gasteiger partial charge in [0.2, 0.25) is 0 Å². The maximum atomic E-state index is 13.0. The van der Waals surface area contributed by atoms with Crippen LogP contribution in [0.15, 0.2) is 71.3 Å². The van der Waals surface area contributed by atoms with Gasteiger partial charge in [0, 0.05) is 17.9 Å². The highest BCUT2D eigenvalue weighted by Gasteiger charge is 2.26. The second-order valence-corrected chi connectivity index (χ2v) is 7.24. The summed E-state index contributed by atoms with van der Waals surface area (Å²) in [6.07, 6.45) is 0.445. The minimum absolute atomic E-state index is 0.137. The minimum atomic E-state index is -1.08. The van der Waals surface area contributed by atoms with E-state index in [1.807, 2.05) is 12.1 Å². The van der Waals surface area contributed by atoms with Gasteiger partial charge in [-0.15, -0.1) is 0 Å². The molecule has 1 N–H and O–H groups in total. The zero-order chi connectivity index (χ0) is 23.8. The first-order valence-corrected chi connectivity index (χ1v) is 10.3. The van der Waals surface area contributed by atoms with Gasteiger partial charge < -0.3 is 19.4 Å². The van der Waals surface area contributed by atoms with Crippen molar-refractivity contribution in [3.05, 3.63) is 83.8 Å². The Morgan fingerprint density at radius 2 is 1.88 bits per heavy atom. The van der Waals surface area contributed by atoms with Gasteiger partial charge >= 0.3 is 5.97 Å². The van der Waals surface area contributed by atoms with Gasteiger partial charge in [0.1, 0.15) is 0 Å². The average Bonchev–Trinajstić information content (AvgIpc) is 3.36. The first-order valence-electron chi connectivity index (χ1n) is 10.3. The second-order valence-electron chi connectivity index (χ2n) is 7.24. The summed E-state index contributed by atoms with van der Waals surface area (Å²) in [5, 5.41) is 11.6. The van der Waals surface area contributed by atoms with Crippen molar-refractivity contribution in [2.24, 2.45) is 0 Å². The molecule has 0 aliphatic carbocycles. The van der Waals surface area contributed by atoms with Gasteiger partial charge in [-0.2, -0.15) is 5.26 Å². The van der Waals surface area contributed by atoms with E-state index in [1.54, 1.807) is 49.4 Å². The topological polar surface area (TPSA) is 113 Å². The van der Waals surface area contributed by atoms with Crippen molar-refractivity contribution in [2.45, 2.75) is 26.4 Å². The number of benzene rings is 2. The van der Waals surface area contributed by atoms with Crippen LogP contribution in [0.3, 0.4) is 0 Å². The molecule has 2 amide bonds. The Morgan fingerprint density at radius 3 is 2.55 bits per heavy atom. The number of carbonyl (C=O) groups excluding carboxylic acids is 3. The average molecular weight is 445 g/mol. The van der Waals surface area contributed by atoms with Crippen molar-refractivity contribution in [1.29, 1.82) is 5.26 Å². The Balaban J connectivity index is 1.72. The van der Waals surface area contributed by atoms with E-state index in [0.717, 1.165) is 5.56 Å². The fraction of sp³-hybridized carbons (Fsp3) is 0.200. The molecule has 0 aliphatic rings. The third-order valence-electron chi connectivity index (χ3n) is 4.88. The molecule has 168 valence electrons. The Morgan fingerprint density at radius 1 is 1.12 bits per heavy atom. The molecule has 0 spiro atoms. The van der Waals surface area contributed by atoms with Crippen LogP contribution in [-0.4, -0.2) is 30.4 Å². The molecule has 8 heteroatoms. The smallest absolute Gasteiger partial charge is 0.338 e. The fourth-order valence-corrected chi connectivity index (χ4v) is 3.11. The van der Waals surface area contributed by atoms with Crippen LogP contribution in [0, 0.1) is 18.3 Å². The van der Waals surface area contributed by atoms with Crippen molar-refractivity contribution in [3.8, 4) is 6.07 Å². The van der Waals surface area contributed by atoms with E-state index in [9.17, 15) is 14.4 Å². The molecule has 2 aromatic carbocycles. The largest absolute Gasteiger partial charge is 0.459 e. The van der Waals surface area contributed by atoms with Crippen molar-refractivity contribution in [2.75, 3.05) is 16.8 Å². The van der Waals surface area contributed by atoms with E-state index in [0.29, 0.717) is 11.4 Å². The number of nitrogens with zero attached hydrogens (tertiary/aromatic N) is 2. The maximum absolute atomic E-state index is 13.0. The van der Waals surface area contributed by atoms with Gasteiger partial charge in [-0.3, -0.25) is 9.59 Å². The zero-order valence-corrected chi connectivity index (χ0v) is 18.3. The van der Waals surface area contributed by atoms with E-state index >= 15 is 0 Å². The van der Waals surface area contributed by atoms with Crippen LogP contribution in [0.1, 0.15) is 39.8 Å². The first-order chi connectivity index (χ1) is 15.9. The van der Waals surface area contributed by atoms with Crippen molar-refractivity contribution < 1.29 is 23.5 Å². The summed E-state index contributed by atoms with van der Waals surface area (Å²) in [5.41, 5.74) is 1.95. The number of hydrogen-bond acceptors (Lipinski definition) is 6. The Labute approximate surface area is 191 Å². The molecule has 0 fully saturated rings. The van der Waals surface area contributed by atoms with Gasteiger partial charge in [-0.05, 0) is 55.8 Å². The number of furan rings is 1. The van der Waals surface area contributed by atoms with Crippen LogP contribution in [-0.2, 0) is 9.53 Å². The molecule has 8 nitrogen and oxygen atoms in total. The van der Waals surface area contributed by atoms with E-state index in [-0.39, 0.29) is 24.3 Å². The Hall–Kier alpha value is -4.38. The van der Waals surface area contributed by atoms with E-state index in [4.69, 9.17) is 14.4 Å². The molecule has 0 saturated heterocycles. The predicted molar refractivity (Wildman–Crippen MR) is 122 cm³/mol. The van der Waals surface area contributed by atoms with Crippen molar-refractivity contribution >= 4 is 29.2 Å². The molecular weight excluding hydrogens is 422 g/mol. The van der Waals surface area contributed by atoms with Gasteiger partial charge in [-0.1, -0.05) is 24.3 Å². The number of nitriles is 1. The highest BCUT2D eigenvalue weighted by molar-refractivity contribution is 6.04. The summed E-state index contributed by atoms with van der Waals surface area (Å²) in [6, 6.07) is 18.7. The number of anilines is 2. The lowest BCUT2D eigenvalue weighted by atomic mass is 10.1. The summed E-state index contributed by atoms with van der Waals surface area (Å²) < 4.78 is 10.5. The molecule has 1 unspecified atom stereocenters. The van der Waals surface area contributed by atoms with Gasteiger partial charge in [-0.25, -0.2) is 4.79 Å². The summed E-state index contributed by atoms with van der Waals surface area (Å²) >= 11 is 0. The van der Waals surface area contributed by atoms with Crippen LogP contribution in [0.25, 0.3) is 0 Å². The number of para-hydroxylation sites is 1. The van der Waals surface area contributed by atoms with Crippen LogP contribution < -0.4 is 10.2 Å². The number of ether oxygens (including phenoxy) is 1. The summed E-state index contributed by atoms with van der Waals surface area (Å²) in [6.45, 7) is 3.44. The molecule has 0 saturated carbocycles. The fourth-order valence-electron chi connectivity index (χ4n) is 3.11. The number of rotatable bonds is 8. The van der Waals surface area contributed by atoms with Crippen LogP contribution in [0.5, 0.6) is 0 Å². The monoisotopic (exact) mass is 445 g/mol. The highest BCUT2D eigenvalue weighted by atomic mass is 16.5. The Bertz CT molecular complexity index is 1170. The molecule has 33 heavy (non-hydrogen) atoms. The van der Waals surface area contributed by atoms with Gasteiger partial charge in [0.05, 0.1) is 24.3 Å². The normalized spacial score (nSPS) is 11.2. The molecular formula is C25H23N3O5. The molecule has 1 heterocycles. The second kappa shape index (κ2) is 10.8. The lowest BCUT2D eigenvalue weighted by Gasteiger charge is -2.25. The molecule has 1 aromatic heterocycles. The number of carbonyl (C=O) groups is 3. The van der Waals surface area contributed by atoms with Gasteiger partial charge in [0.25, 0.3) is 11.8 Å². The van der Waals surface area contributed by atoms with Crippen LogP contribution in [0.2, 0.25) is 0 Å². The molecule has 3 rings (SSSR count). The van der Waals surface area contributed by atoms with Crippen molar-refractivity contribution in [3.63, 3.8) is 0 Å². The minimum Gasteiger partial charge on any atom is -0.459 e. The lowest BCUT2D eigenvalue weighted by Crippen LogP contribution is -2.40. The third kappa shape index (κ3) is 5.86. The quantitative estimate of drug-likeness (QED) is 0.516. The third-order valence-corrected chi connectivity index (χ3v) is 4.88. The summed E-state index contributed by atoms with van der Waals surface area (Å²) in [5.74, 6) is -1.46. The lowest BCUT2D eigenvalue weighted by molar-refractivity contribution is -0.126. The van der Waals surface area contributed by atoms with E-state index in [2.05, 4.69) is 5.32 Å². The maximum Gasteiger partial charge on any atom is 0.338 e. The van der Waals surface area contributed by atoms with Gasteiger partial charge in [0.15, 0.2) is 11.9 Å². The number of aryl methyl sites for hydroxylation is 1. The standard InChI is InChI=1S/C25H23N3O5/c1-17-11-12-19(16-21(17)27-23(29)22-10-6-15-32-22)25(31)33-18(2)24(30)28(14-7-13-26)20-8-4-3-5-9-20/h3-6,8-12,15-16,18H,7,14H2,1-2H3,(H,27,29). The van der Waals surface area contributed by atoms with E-state index in [1.165, 1.54) is 30.2 Å². The summed E-state index contributed by atoms with van der Waals surface area (Å²) in [7, 11) is 0. The number of esters is 1. The highest BCUT2D eigenvalue weighted by Crippen LogP contribution is 2.20. The SMILES string of the molecule is Cc1ccc(C(=O)OC(C)C(=O)N(CCC#N)c2ccccc2)cc1NC(=O)c1ccco1. The van der Waals surface area contributed by atoms with Crippen LogP contribution >= 0.6 is 0 Å². The predicted octanol–water partition coefficient (Wildman–Crippen LogP) is 4.33. The molecule has 0 aliphatic heterocycles. The first kappa shape index (κ1) is 23.3. The number of hydrogen-bond donors (Lipinski definition) is 1. The zero-order valence-electron chi connectivity index (χ0n) is 18.3. The molecule has 0 bridgehead atoms. The van der Waals surface area contributed by atoms with Crippen molar-refractivity contribution in [1.82, 2.24) is 0 Å².